The highest BCUT2D eigenvalue weighted by Crippen LogP contribution is 2.19. The van der Waals surface area contributed by atoms with Gasteiger partial charge in [-0.25, -0.2) is 0 Å². The van der Waals surface area contributed by atoms with Crippen LogP contribution in [0.1, 0.15) is 18.6 Å². The van der Waals surface area contributed by atoms with Gasteiger partial charge in [0.2, 0.25) is 0 Å². The Morgan fingerprint density at radius 3 is 3.18 bits per heavy atom. The van der Waals surface area contributed by atoms with Crippen molar-refractivity contribution in [3.63, 3.8) is 0 Å². The van der Waals surface area contributed by atoms with E-state index in [4.69, 9.17) is 9.15 Å². The van der Waals surface area contributed by atoms with E-state index in [1.807, 2.05) is 29.1 Å². The molecule has 1 saturated heterocycles. The largest absolute Gasteiger partial charge is 0.467 e. The van der Waals surface area contributed by atoms with Gasteiger partial charge >= 0.3 is 0 Å². The summed E-state index contributed by atoms with van der Waals surface area (Å²) >= 11 is 0. The number of likely N-dealkylation sites (tertiary alicyclic amines) is 1. The number of β-amino-alcohol motifs (C(OH)–C–C–N with tert-alkyl or cyclic N) is 1. The highest BCUT2D eigenvalue weighted by Gasteiger charge is 2.26. The van der Waals surface area contributed by atoms with Crippen molar-refractivity contribution in [2.24, 2.45) is 0 Å². The van der Waals surface area contributed by atoms with Gasteiger partial charge in [-0.3, -0.25) is 9.58 Å². The fraction of sp³-hybridized carbons (Fsp3) is 0.562. The van der Waals surface area contributed by atoms with Gasteiger partial charge in [0.05, 0.1) is 25.5 Å². The van der Waals surface area contributed by atoms with Gasteiger partial charge in [-0.1, -0.05) is 0 Å². The smallest absolute Gasteiger partial charge is 0.129 e. The minimum absolute atomic E-state index is 0.325. The second-order valence-corrected chi connectivity index (χ2v) is 5.77. The lowest BCUT2D eigenvalue weighted by molar-refractivity contribution is 0.00213. The van der Waals surface area contributed by atoms with E-state index >= 15 is 0 Å². The Bertz CT molecular complexity index is 527. The average molecular weight is 305 g/mol. The highest BCUT2D eigenvalue weighted by molar-refractivity contribution is 4.96. The lowest BCUT2D eigenvalue weighted by atomic mass is 10.2. The third-order valence-electron chi connectivity index (χ3n) is 4.04. The number of ether oxygens (including phenoxy) is 1. The van der Waals surface area contributed by atoms with Crippen molar-refractivity contribution < 1.29 is 14.3 Å². The Hall–Kier alpha value is -1.63. The topological polar surface area (TPSA) is 63.7 Å². The van der Waals surface area contributed by atoms with Gasteiger partial charge in [0, 0.05) is 25.0 Å². The number of hydrogen-bond donors (Lipinski definition) is 1. The van der Waals surface area contributed by atoms with Crippen molar-refractivity contribution in [2.75, 3.05) is 19.7 Å². The van der Waals surface area contributed by atoms with Gasteiger partial charge in [-0.15, -0.1) is 0 Å². The lowest BCUT2D eigenvalue weighted by Crippen LogP contribution is -2.40. The Morgan fingerprint density at radius 1 is 1.45 bits per heavy atom. The quantitative estimate of drug-likeness (QED) is 0.801. The molecule has 0 aliphatic carbocycles. The normalized spacial score (nSPS) is 20.5. The summed E-state index contributed by atoms with van der Waals surface area (Å²) in [6.45, 7) is 3.28. The summed E-state index contributed by atoms with van der Waals surface area (Å²) in [7, 11) is 0. The maximum atomic E-state index is 10.2. The average Bonchev–Trinajstić information content (AvgIpc) is 3.23. The predicted octanol–water partition coefficient (Wildman–Crippen LogP) is 1.52. The number of rotatable bonds is 8. The SMILES string of the molecule is OC(COCc1ccco1)CN1CCCC1Cn1cccn1. The lowest BCUT2D eigenvalue weighted by Gasteiger charge is -2.26. The molecule has 2 aromatic heterocycles. The predicted molar refractivity (Wildman–Crippen MR) is 81.2 cm³/mol. The first-order valence-electron chi connectivity index (χ1n) is 7.81. The summed E-state index contributed by atoms with van der Waals surface area (Å²) < 4.78 is 12.7. The van der Waals surface area contributed by atoms with Crippen molar-refractivity contribution in [1.29, 1.82) is 0 Å². The molecule has 0 radical (unpaired) electrons. The molecule has 2 unspecified atom stereocenters. The Kier molecular flexibility index (Phi) is 5.26. The molecule has 0 saturated carbocycles. The maximum absolute atomic E-state index is 10.2. The van der Waals surface area contributed by atoms with Crippen molar-refractivity contribution in [3.8, 4) is 0 Å². The van der Waals surface area contributed by atoms with Crippen LogP contribution in [0, 0.1) is 0 Å². The van der Waals surface area contributed by atoms with Crippen LogP contribution in [0.15, 0.2) is 41.3 Å². The van der Waals surface area contributed by atoms with Crippen LogP contribution in [0.5, 0.6) is 0 Å². The molecule has 3 heterocycles. The summed E-state index contributed by atoms with van der Waals surface area (Å²) in [4.78, 5) is 2.34. The molecule has 2 aromatic rings. The fourth-order valence-corrected chi connectivity index (χ4v) is 2.98. The van der Waals surface area contributed by atoms with E-state index in [0.717, 1.165) is 25.3 Å². The molecule has 3 rings (SSSR count). The summed E-state index contributed by atoms with van der Waals surface area (Å²) in [6, 6.07) is 6.09. The molecule has 6 nitrogen and oxygen atoms in total. The first-order valence-corrected chi connectivity index (χ1v) is 7.81. The van der Waals surface area contributed by atoms with Crippen LogP contribution in [-0.4, -0.2) is 51.6 Å². The molecule has 1 fully saturated rings. The van der Waals surface area contributed by atoms with Crippen molar-refractivity contribution in [3.05, 3.63) is 42.6 Å². The molecule has 1 aliphatic heterocycles. The van der Waals surface area contributed by atoms with Gasteiger partial charge in [-0.05, 0) is 37.6 Å². The van der Waals surface area contributed by atoms with E-state index in [1.54, 1.807) is 12.5 Å². The zero-order valence-corrected chi connectivity index (χ0v) is 12.7. The molecule has 1 N–H and O–H groups in total. The van der Waals surface area contributed by atoms with Crippen LogP contribution in [0.2, 0.25) is 0 Å². The number of hydrogen-bond acceptors (Lipinski definition) is 5. The van der Waals surface area contributed by atoms with E-state index in [0.29, 0.717) is 25.8 Å². The van der Waals surface area contributed by atoms with Crippen molar-refractivity contribution in [2.45, 2.75) is 38.1 Å². The Labute approximate surface area is 130 Å². The second-order valence-electron chi connectivity index (χ2n) is 5.77. The number of aliphatic hydroxyl groups is 1. The van der Waals surface area contributed by atoms with E-state index in [-0.39, 0.29) is 0 Å². The molecule has 120 valence electrons. The van der Waals surface area contributed by atoms with Crippen molar-refractivity contribution >= 4 is 0 Å². The molecule has 1 aliphatic rings. The highest BCUT2D eigenvalue weighted by atomic mass is 16.5. The Morgan fingerprint density at radius 2 is 2.41 bits per heavy atom. The van der Waals surface area contributed by atoms with Crippen LogP contribution in [0.3, 0.4) is 0 Å². The zero-order chi connectivity index (χ0) is 15.2. The maximum Gasteiger partial charge on any atom is 0.129 e. The number of furan rings is 1. The summed E-state index contributed by atoms with van der Waals surface area (Å²) in [6.07, 6.45) is 7.26. The first kappa shape index (κ1) is 15.3. The molecular formula is C16H23N3O3. The van der Waals surface area contributed by atoms with E-state index < -0.39 is 6.10 Å². The molecular weight excluding hydrogens is 282 g/mol. The van der Waals surface area contributed by atoms with E-state index in [1.165, 1.54) is 6.42 Å². The third kappa shape index (κ3) is 4.19. The molecule has 2 atom stereocenters. The first-order chi connectivity index (χ1) is 10.8. The van der Waals surface area contributed by atoms with Gasteiger partial charge in [-0.2, -0.15) is 5.10 Å². The standard InChI is InChI=1S/C16H23N3O3/c20-15(12-21-13-16-5-2-9-22-16)11-18-7-1-4-14(18)10-19-8-3-6-17-19/h2-3,5-6,8-9,14-15,20H,1,4,7,10-13H2. The Balaban J connectivity index is 1.40. The van der Waals surface area contributed by atoms with Crippen LogP contribution in [-0.2, 0) is 17.9 Å². The number of nitrogens with zero attached hydrogens (tertiary/aromatic N) is 3. The zero-order valence-electron chi connectivity index (χ0n) is 12.7. The molecule has 0 amide bonds. The van der Waals surface area contributed by atoms with Gasteiger partial charge < -0.3 is 14.3 Å². The number of aromatic nitrogens is 2. The summed E-state index contributed by atoms with van der Waals surface area (Å²) in [5, 5.41) is 14.4. The van der Waals surface area contributed by atoms with Crippen molar-refractivity contribution in [1.82, 2.24) is 14.7 Å². The minimum atomic E-state index is -0.479. The molecule has 6 heteroatoms. The second kappa shape index (κ2) is 7.58. The summed E-state index contributed by atoms with van der Waals surface area (Å²) in [5.74, 6) is 0.782. The van der Waals surface area contributed by atoms with E-state index in [9.17, 15) is 5.11 Å². The molecule has 0 spiro atoms. The van der Waals surface area contributed by atoms with E-state index in [2.05, 4.69) is 10.00 Å². The van der Waals surface area contributed by atoms with Gasteiger partial charge in [0.25, 0.3) is 0 Å². The van der Waals surface area contributed by atoms with Crippen LogP contribution in [0.25, 0.3) is 0 Å². The molecule has 0 aromatic carbocycles. The monoisotopic (exact) mass is 305 g/mol. The number of aliphatic hydroxyl groups excluding tert-OH is 1. The third-order valence-corrected chi connectivity index (χ3v) is 4.04. The van der Waals surface area contributed by atoms with Crippen LogP contribution >= 0.6 is 0 Å². The van der Waals surface area contributed by atoms with Gasteiger partial charge in [0.1, 0.15) is 12.4 Å². The fourth-order valence-electron chi connectivity index (χ4n) is 2.98. The van der Waals surface area contributed by atoms with Gasteiger partial charge in [0.15, 0.2) is 0 Å². The summed E-state index contributed by atoms with van der Waals surface area (Å²) in [5.41, 5.74) is 0. The minimum Gasteiger partial charge on any atom is -0.467 e. The van der Waals surface area contributed by atoms with Crippen LogP contribution < -0.4 is 0 Å². The molecule has 22 heavy (non-hydrogen) atoms. The molecule has 0 bridgehead atoms. The van der Waals surface area contributed by atoms with Crippen LogP contribution in [0.4, 0.5) is 0 Å².